The number of nitrogens with two attached hydrogens (primary N) is 1. The van der Waals surface area contributed by atoms with Crippen molar-refractivity contribution in [1.82, 2.24) is 19.7 Å². The second-order valence-corrected chi connectivity index (χ2v) is 10.7. The number of nitrogens with one attached hydrogen (secondary N) is 2. The van der Waals surface area contributed by atoms with Crippen LogP contribution >= 0.6 is 0 Å². The van der Waals surface area contributed by atoms with Crippen LogP contribution in [0.1, 0.15) is 43.7 Å². The molecule has 2 aromatic carbocycles. The molecule has 0 saturated heterocycles. The highest BCUT2D eigenvalue weighted by Gasteiger charge is 2.31. The first-order chi connectivity index (χ1) is 20.1. The van der Waals surface area contributed by atoms with Gasteiger partial charge in [0.05, 0.1) is 17.6 Å². The van der Waals surface area contributed by atoms with E-state index in [4.69, 9.17) is 10.7 Å². The predicted octanol–water partition coefficient (Wildman–Crippen LogP) is 5.60. The molecular formula is C30H34F3N7O2. The van der Waals surface area contributed by atoms with Gasteiger partial charge in [0.15, 0.2) is 5.82 Å². The van der Waals surface area contributed by atoms with Crippen LogP contribution in [-0.2, 0) is 24.7 Å². The Balaban J connectivity index is 1.28. The summed E-state index contributed by atoms with van der Waals surface area (Å²) in [7, 11) is 1.78. The van der Waals surface area contributed by atoms with Crippen LogP contribution in [0.4, 0.5) is 24.9 Å². The highest BCUT2D eigenvalue weighted by Crippen LogP contribution is 2.30. The van der Waals surface area contributed by atoms with Crippen molar-refractivity contribution >= 4 is 28.6 Å². The van der Waals surface area contributed by atoms with Crippen molar-refractivity contribution < 1.29 is 22.7 Å². The van der Waals surface area contributed by atoms with Crippen molar-refractivity contribution in [1.29, 1.82) is 0 Å². The van der Waals surface area contributed by atoms with E-state index in [1.807, 2.05) is 12.3 Å². The Labute approximate surface area is 241 Å². The molecule has 2 aromatic heterocycles. The summed E-state index contributed by atoms with van der Waals surface area (Å²) in [6.45, 7) is 2.90. The lowest BCUT2D eigenvalue weighted by atomic mass is 9.86. The van der Waals surface area contributed by atoms with Crippen LogP contribution in [0, 0.1) is 5.92 Å². The summed E-state index contributed by atoms with van der Waals surface area (Å²) in [5.41, 5.74) is 10.0. The van der Waals surface area contributed by atoms with E-state index in [1.54, 1.807) is 23.9 Å². The molecule has 1 aliphatic carbocycles. The van der Waals surface area contributed by atoms with E-state index in [2.05, 4.69) is 38.4 Å². The van der Waals surface area contributed by atoms with Crippen LogP contribution in [0.3, 0.4) is 0 Å². The summed E-state index contributed by atoms with van der Waals surface area (Å²) >= 11 is 0. The molecule has 1 saturated carbocycles. The van der Waals surface area contributed by atoms with Crippen LogP contribution in [0.2, 0.25) is 0 Å². The standard InChI is InChI=1S/C30H34F3N7O2/c1-3-20-13-21(14-22-17-36-29(38-28(20)22)35-16-18-7-9-23(34)10-8-18)25-15-26(39-40(25)2)37-27(41)12-19-5-4-6-24(11-19)42-30(31,32)33/h4-6,11,13-15,17-18,23H,3,7-10,12,16,34H2,1-2H3,(H,35,36,38)(H,37,39,41). The van der Waals surface area contributed by atoms with Gasteiger partial charge >= 0.3 is 6.36 Å². The fourth-order valence-electron chi connectivity index (χ4n) is 5.37. The zero-order chi connectivity index (χ0) is 29.9. The third-order valence-corrected chi connectivity index (χ3v) is 7.52. The summed E-state index contributed by atoms with van der Waals surface area (Å²) in [4.78, 5) is 22.0. The smallest absolute Gasteiger partial charge is 0.406 e. The second-order valence-electron chi connectivity index (χ2n) is 10.7. The predicted molar refractivity (Wildman–Crippen MR) is 155 cm³/mol. The monoisotopic (exact) mass is 581 g/mol. The number of amides is 1. The number of carbonyl (C=O) groups excluding carboxylic acids is 1. The molecule has 1 amide bonds. The molecule has 222 valence electrons. The van der Waals surface area contributed by atoms with E-state index < -0.39 is 12.3 Å². The Hall–Kier alpha value is -4.19. The Morgan fingerprint density at radius 3 is 2.67 bits per heavy atom. The van der Waals surface area contributed by atoms with Gasteiger partial charge in [0.1, 0.15) is 5.75 Å². The molecule has 0 atom stereocenters. The fourth-order valence-corrected chi connectivity index (χ4v) is 5.37. The Bertz CT molecular complexity index is 1560. The van der Waals surface area contributed by atoms with Gasteiger partial charge in [-0.1, -0.05) is 19.1 Å². The summed E-state index contributed by atoms with van der Waals surface area (Å²) in [6, 6.07) is 11.5. The second kappa shape index (κ2) is 12.4. The first-order valence-corrected chi connectivity index (χ1v) is 14.0. The molecule has 2 heterocycles. The molecule has 0 bridgehead atoms. The average Bonchev–Trinajstić information content (AvgIpc) is 3.30. The molecule has 0 aliphatic heterocycles. The summed E-state index contributed by atoms with van der Waals surface area (Å²) in [5, 5.41) is 11.5. The van der Waals surface area contributed by atoms with Gasteiger partial charge in [0.2, 0.25) is 11.9 Å². The Kier molecular flexibility index (Phi) is 8.62. The van der Waals surface area contributed by atoms with Crippen molar-refractivity contribution in [2.45, 2.75) is 57.9 Å². The molecule has 0 radical (unpaired) electrons. The van der Waals surface area contributed by atoms with Gasteiger partial charge in [-0.3, -0.25) is 9.48 Å². The maximum absolute atomic E-state index is 12.7. The number of anilines is 2. The van der Waals surface area contributed by atoms with Gasteiger partial charge < -0.3 is 21.1 Å². The number of benzene rings is 2. The van der Waals surface area contributed by atoms with Crippen LogP contribution in [0.15, 0.2) is 48.7 Å². The van der Waals surface area contributed by atoms with Gasteiger partial charge in [-0.05, 0) is 73.4 Å². The van der Waals surface area contributed by atoms with Crippen molar-refractivity contribution in [3.05, 3.63) is 59.8 Å². The van der Waals surface area contributed by atoms with Crippen molar-refractivity contribution in [2.75, 3.05) is 17.2 Å². The molecule has 0 unspecified atom stereocenters. The van der Waals surface area contributed by atoms with Gasteiger partial charge in [0.25, 0.3) is 0 Å². The minimum absolute atomic E-state index is 0.140. The van der Waals surface area contributed by atoms with E-state index in [-0.39, 0.29) is 12.2 Å². The number of aryl methyl sites for hydroxylation is 2. The summed E-state index contributed by atoms with van der Waals surface area (Å²) in [5.74, 6) is 0.724. The van der Waals surface area contributed by atoms with Crippen molar-refractivity contribution in [3.8, 4) is 17.0 Å². The van der Waals surface area contributed by atoms with Gasteiger partial charge in [-0.2, -0.15) is 5.10 Å². The number of fused-ring (bicyclic) bond motifs is 1. The summed E-state index contributed by atoms with van der Waals surface area (Å²) in [6.07, 6.45) is 1.98. The van der Waals surface area contributed by atoms with Gasteiger partial charge in [-0.15, -0.1) is 13.2 Å². The van der Waals surface area contributed by atoms with E-state index >= 15 is 0 Å². The minimum atomic E-state index is -4.80. The van der Waals surface area contributed by atoms with Gasteiger partial charge in [0, 0.05) is 42.8 Å². The zero-order valence-electron chi connectivity index (χ0n) is 23.5. The maximum atomic E-state index is 12.7. The molecule has 1 fully saturated rings. The number of rotatable bonds is 9. The maximum Gasteiger partial charge on any atom is 0.573 e. The molecule has 1 aliphatic rings. The zero-order valence-corrected chi connectivity index (χ0v) is 23.5. The number of ether oxygens (including phenoxy) is 1. The van der Waals surface area contributed by atoms with Crippen LogP contribution < -0.4 is 21.1 Å². The third kappa shape index (κ3) is 7.35. The molecule has 5 rings (SSSR count). The largest absolute Gasteiger partial charge is 0.573 e. The van der Waals surface area contributed by atoms with Crippen LogP contribution in [0.25, 0.3) is 22.2 Å². The van der Waals surface area contributed by atoms with E-state index in [9.17, 15) is 18.0 Å². The minimum Gasteiger partial charge on any atom is -0.406 e. The first kappa shape index (κ1) is 29.3. The van der Waals surface area contributed by atoms with Crippen molar-refractivity contribution in [3.63, 3.8) is 0 Å². The molecule has 9 nitrogen and oxygen atoms in total. The number of aromatic nitrogens is 4. The lowest BCUT2D eigenvalue weighted by molar-refractivity contribution is -0.274. The van der Waals surface area contributed by atoms with E-state index in [0.29, 0.717) is 29.3 Å². The highest BCUT2D eigenvalue weighted by molar-refractivity contribution is 5.92. The lowest BCUT2D eigenvalue weighted by Crippen LogP contribution is -2.29. The molecule has 12 heteroatoms. The number of carbonyl (C=O) groups is 1. The quantitative estimate of drug-likeness (QED) is 0.235. The normalized spacial score (nSPS) is 17.3. The number of halogens is 3. The highest BCUT2D eigenvalue weighted by atomic mass is 19.4. The Morgan fingerprint density at radius 2 is 1.93 bits per heavy atom. The average molecular weight is 582 g/mol. The van der Waals surface area contributed by atoms with Crippen LogP contribution in [0.5, 0.6) is 5.75 Å². The van der Waals surface area contributed by atoms with Crippen molar-refractivity contribution in [2.24, 2.45) is 18.7 Å². The van der Waals surface area contributed by atoms with Crippen LogP contribution in [-0.4, -0.2) is 44.6 Å². The lowest BCUT2D eigenvalue weighted by Gasteiger charge is -2.26. The molecule has 0 spiro atoms. The topological polar surface area (TPSA) is 120 Å². The molecular weight excluding hydrogens is 547 g/mol. The third-order valence-electron chi connectivity index (χ3n) is 7.52. The number of hydrogen-bond acceptors (Lipinski definition) is 7. The van der Waals surface area contributed by atoms with E-state index in [0.717, 1.165) is 66.4 Å². The van der Waals surface area contributed by atoms with E-state index in [1.165, 1.54) is 18.2 Å². The van der Waals surface area contributed by atoms with Gasteiger partial charge in [-0.25, -0.2) is 9.97 Å². The first-order valence-electron chi connectivity index (χ1n) is 14.0. The number of nitrogens with zero attached hydrogens (tertiary/aromatic N) is 4. The molecule has 42 heavy (non-hydrogen) atoms. The summed E-state index contributed by atoms with van der Waals surface area (Å²) < 4.78 is 43.2. The fraction of sp³-hybridized carbons (Fsp3) is 0.400. The number of alkyl halides is 3. The Morgan fingerprint density at radius 1 is 1.14 bits per heavy atom. The molecule has 4 aromatic rings. The molecule has 4 N–H and O–H groups in total. The SMILES string of the molecule is CCc1cc(-c2cc(NC(=O)Cc3cccc(OC(F)(F)F)c3)nn2C)cc2cnc(NCC3CCC(N)CC3)nc12. The number of hydrogen-bond donors (Lipinski definition) is 3.